The molecule has 1 aliphatic carbocycles. The second-order valence-electron chi connectivity index (χ2n) is 5.62. The van der Waals surface area contributed by atoms with Gasteiger partial charge in [-0.25, -0.2) is 0 Å². The molecule has 0 bridgehead atoms. The number of hydrogen-bond acceptors (Lipinski definition) is 3. The molecule has 0 unspecified atom stereocenters. The molecule has 1 aliphatic heterocycles. The molecule has 0 aromatic heterocycles. The predicted molar refractivity (Wildman–Crippen MR) is 63.0 cm³/mol. The fourth-order valence-corrected chi connectivity index (χ4v) is 1.98. The molecule has 0 aromatic rings. The van der Waals surface area contributed by atoms with Gasteiger partial charge >= 0.3 is 7.12 Å². The summed E-state index contributed by atoms with van der Waals surface area (Å²) in [5.74, 6) is 0.284. The van der Waals surface area contributed by atoms with Gasteiger partial charge in [0.05, 0.1) is 11.2 Å². The van der Waals surface area contributed by atoms with Gasteiger partial charge in [-0.3, -0.25) is 4.79 Å². The number of rotatable bonds is 1. The quantitative estimate of drug-likeness (QED) is 0.638. The standard InChI is InChI=1S/C12H19BO3/c1-11(2)12(3,4)16-13(15-11)9-6-5-7-10(14)8-9/h6H,5,7-8H2,1-4H3. The van der Waals surface area contributed by atoms with E-state index in [4.69, 9.17) is 9.31 Å². The van der Waals surface area contributed by atoms with Crippen molar-refractivity contribution in [3.63, 3.8) is 0 Å². The second kappa shape index (κ2) is 3.71. The molecule has 2 rings (SSSR count). The first-order chi connectivity index (χ1) is 7.32. The van der Waals surface area contributed by atoms with Gasteiger partial charge in [0.2, 0.25) is 0 Å². The fraction of sp³-hybridized carbons (Fsp3) is 0.750. The molecule has 3 nitrogen and oxygen atoms in total. The van der Waals surface area contributed by atoms with Crippen molar-refractivity contribution < 1.29 is 14.1 Å². The average Bonchev–Trinajstić information content (AvgIpc) is 2.36. The molecular weight excluding hydrogens is 203 g/mol. The molecule has 1 saturated heterocycles. The van der Waals surface area contributed by atoms with Crippen LogP contribution in [0.2, 0.25) is 0 Å². The number of carbonyl (C=O) groups excluding carboxylic acids is 1. The molecule has 2 aliphatic rings. The highest BCUT2D eigenvalue weighted by Crippen LogP contribution is 2.39. The van der Waals surface area contributed by atoms with Crippen LogP contribution in [0.1, 0.15) is 47.0 Å². The van der Waals surface area contributed by atoms with E-state index < -0.39 is 0 Å². The minimum Gasteiger partial charge on any atom is -0.400 e. The second-order valence-corrected chi connectivity index (χ2v) is 5.62. The number of Topliss-reactive ketones (excluding diaryl/α,β-unsaturated/α-hetero) is 1. The van der Waals surface area contributed by atoms with Gasteiger partial charge in [-0.1, -0.05) is 6.08 Å². The Bertz CT molecular complexity index is 328. The lowest BCUT2D eigenvalue weighted by Gasteiger charge is -2.32. The van der Waals surface area contributed by atoms with E-state index in [-0.39, 0.29) is 24.1 Å². The van der Waals surface area contributed by atoms with E-state index >= 15 is 0 Å². The van der Waals surface area contributed by atoms with E-state index in [9.17, 15) is 4.79 Å². The Morgan fingerprint density at radius 2 is 1.75 bits per heavy atom. The van der Waals surface area contributed by atoms with Crippen LogP contribution in [0.25, 0.3) is 0 Å². The molecule has 1 heterocycles. The van der Waals surface area contributed by atoms with E-state index in [2.05, 4.69) is 6.08 Å². The maximum atomic E-state index is 11.4. The van der Waals surface area contributed by atoms with Gasteiger partial charge in [-0.15, -0.1) is 0 Å². The fourth-order valence-electron chi connectivity index (χ4n) is 1.98. The molecule has 0 atom stereocenters. The van der Waals surface area contributed by atoms with Crippen LogP contribution in [0.5, 0.6) is 0 Å². The maximum absolute atomic E-state index is 11.4. The Balaban J connectivity index is 2.14. The summed E-state index contributed by atoms with van der Waals surface area (Å²) < 4.78 is 11.8. The van der Waals surface area contributed by atoms with Crippen LogP contribution in [0.15, 0.2) is 11.5 Å². The molecule has 0 N–H and O–H groups in total. The summed E-state index contributed by atoms with van der Waals surface area (Å²) in [5.41, 5.74) is 0.354. The van der Waals surface area contributed by atoms with Crippen molar-refractivity contribution in [2.24, 2.45) is 0 Å². The highest BCUT2D eigenvalue weighted by atomic mass is 16.7. The summed E-state index contributed by atoms with van der Waals surface area (Å²) in [4.78, 5) is 11.4. The van der Waals surface area contributed by atoms with Crippen molar-refractivity contribution in [1.82, 2.24) is 0 Å². The van der Waals surface area contributed by atoms with Crippen molar-refractivity contribution in [3.05, 3.63) is 11.5 Å². The largest absolute Gasteiger partial charge is 0.490 e. The van der Waals surface area contributed by atoms with Crippen LogP contribution in [-0.2, 0) is 14.1 Å². The summed E-state index contributed by atoms with van der Waals surface area (Å²) in [6, 6.07) is 0. The zero-order chi connectivity index (χ0) is 12.0. The lowest BCUT2D eigenvalue weighted by atomic mass is 9.72. The van der Waals surface area contributed by atoms with E-state index in [0.29, 0.717) is 12.8 Å². The average molecular weight is 222 g/mol. The van der Waals surface area contributed by atoms with E-state index in [0.717, 1.165) is 11.9 Å². The minimum absolute atomic E-state index is 0.284. The third-order valence-corrected chi connectivity index (χ3v) is 3.79. The van der Waals surface area contributed by atoms with Crippen LogP contribution in [0.3, 0.4) is 0 Å². The van der Waals surface area contributed by atoms with Crippen molar-refractivity contribution in [1.29, 1.82) is 0 Å². The Morgan fingerprint density at radius 1 is 1.19 bits per heavy atom. The molecule has 88 valence electrons. The third-order valence-electron chi connectivity index (χ3n) is 3.79. The summed E-state index contributed by atoms with van der Waals surface area (Å²) >= 11 is 0. The van der Waals surface area contributed by atoms with Gasteiger partial charge in [-0.05, 0) is 39.6 Å². The van der Waals surface area contributed by atoms with Gasteiger partial charge in [0.25, 0.3) is 0 Å². The van der Waals surface area contributed by atoms with Gasteiger partial charge in [0.1, 0.15) is 5.78 Å². The Hall–Kier alpha value is -0.605. The Kier molecular flexibility index (Phi) is 2.75. The van der Waals surface area contributed by atoms with Crippen LogP contribution < -0.4 is 0 Å². The first-order valence-electron chi connectivity index (χ1n) is 5.88. The smallest absolute Gasteiger partial charge is 0.400 e. The van der Waals surface area contributed by atoms with Gasteiger partial charge in [-0.2, -0.15) is 0 Å². The van der Waals surface area contributed by atoms with Crippen LogP contribution in [0, 0.1) is 0 Å². The van der Waals surface area contributed by atoms with E-state index in [1.165, 1.54) is 0 Å². The monoisotopic (exact) mass is 222 g/mol. The molecule has 0 spiro atoms. The highest BCUT2D eigenvalue weighted by molar-refractivity contribution is 6.55. The molecule has 0 amide bonds. The van der Waals surface area contributed by atoms with Crippen LogP contribution in [0.4, 0.5) is 0 Å². The molecular formula is C12H19BO3. The topological polar surface area (TPSA) is 35.5 Å². The normalized spacial score (nSPS) is 28.1. The van der Waals surface area contributed by atoms with Gasteiger partial charge in [0, 0.05) is 12.8 Å². The lowest BCUT2D eigenvalue weighted by molar-refractivity contribution is -0.118. The van der Waals surface area contributed by atoms with Crippen molar-refractivity contribution in [2.75, 3.05) is 0 Å². The third kappa shape index (κ3) is 1.96. The lowest BCUT2D eigenvalue weighted by Crippen LogP contribution is -2.41. The predicted octanol–water partition coefficient (Wildman–Crippen LogP) is 2.30. The summed E-state index contributed by atoms with van der Waals surface area (Å²) in [6.07, 6.45) is 4.04. The first kappa shape index (κ1) is 11.9. The zero-order valence-corrected chi connectivity index (χ0v) is 10.5. The first-order valence-corrected chi connectivity index (χ1v) is 5.88. The van der Waals surface area contributed by atoms with Crippen molar-refractivity contribution in [2.45, 2.75) is 58.2 Å². The minimum atomic E-state index is -0.339. The number of ketones is 1. The van der Waals surface area contributed by atoms with Crippen LogP contribution >= 0.6 is 0 Å². The van der Waals surface area contributed by atoms with Crippen molar-refractivity contribution >= 4 is 12.9 Å². The van der Waals surface area contributed by atoms with Crippen molar-refractivity contribution in [3.8, 4) is 0 Å². The molecule has 16 heavy (non-hydrogen) atoms. The zero-order valence-electron chi connectivity index (χ0n) is 10.5. The van der Waals surface area contributed by atoms with Crippen LogP contribution in [-0.4, -0.2) is 24.1 Å². The molecule has 0 saturated carbocycles. The molecule has 1 fully saturated rings. The number of hydrogen-bond donors (Lipinski definition) is 0. The van der Waals surface area contributed by atoms with E-state index in [1.807, 2.05) is 27.7 Å². The summed E-state index contributed by atoms with van der Waals surface area (Å²) in [5, 5.41) is 0. The Labute approximate surface area is 97.3 Å². The molecule has 4 heteroatoms. The van der Waals surface area contributed by atoms with Gasteiger partial charge < -0.3 is 9.31 Å². The summed E-state index contributed by atoms with van der Waals surface area (Å²) in [7, 11) is -0.339. The summed E-state index contributed by atoms with van der Waals surface area (Å²) in [6.45, 7) is 8.10. The molecule has 0 radical (unpaired) electrons. The highest BCUT2D eigenvalue weighted by Gasteiger charge is 2.52. The number of allylic oxidation sites excluding steroid dienone is 2. The maximum Gasteiger partial charge on any atom is 0.490 e. The Morgan fingerprint density at radius 3 is 2.25 bits per heavy atom. The van der Waals surface area contributed by atoms with Gasteiger partial charge in [0.15, 0.2) is 0 Å². The number of carbonyl (C=O) groups is 1. The SMILES string of the molecule is CC1(C)OB(C2=CCCC(=O)C2)OC1(C)C. The van der Waals surface area contributed by atoms with E-state index in [1.54, 1.807) is 0 Å². The molecule has 0 aromatic carbocycles.